The van der Waals surface area contributed by atoms with Crippen LogP contribution in [0.25, 0.3) is 0 Å². The summed E-state index contributed by atoms with van der Waals surface area (Å²) in [5.41, 5.74) is 1.84. The first-order valence-electron chi connectivity index (χ1n) is 9.75. The first kappa shape index (κ1) is 17.3. The molecule has 1 amide bonds. The zero-order valence-corrected chi connectivity index (χ0v) is 15.4. The van der Waals surface area contributed by atoms with Crippen LogP contribution in [-0.2, 0) is 14.3 Å². The summed E-state index contributed by atoms with van der Waals surface area (Å²) in [5.74, 6) is -0.369. The summed E-state index contributed by atoms with van der Waals surface area (Å²) in [6, 6.07) is 2.05. The molecule has 26 heavy (non-hydrogen) atoms. The van der Waals surface area contributed by atoms with E-state index in [-0.39, 0.29) is 24.2 Å². The van der Waals surface area contributed by atoms with Crippen LogP contribution < -0.4 is 4.90 Å². The normalized spacial score (nSPS) is 25.4. The Hall–Kier alpha value is -2.11. The molecule has 1 spiro atoms. The van der Waals surface area contributed by atoms with Crippen LogP contribution in [0.5, 0.6) is 0 Å². The van der Waals surface area contributed by atoms with Crippen molar-refractivity contribution in [3.05, 3.63) is 24.0 Å². The molecule has 1 atom stereocenters. The zero-order valence-electron chi connectivity index (χ0n) is 15.4. The first-order chi connectivity index (χ1) is 12.6. The van der Waals surface area contributed by atoms with Gasteiger partial charge in [-0.15, -0.1) is 0 Å². The molecule has 3 fully saturated rings. The molecule has 2 aliphatic heterocycles. The number of ether oxygens (including phenoxy) is 1. The number of carbonyl (C=O) groups is 2. The number of esters is 1. The zero-order chi connectivity index (χ0) is 18.1. The van der Waals surface area contributed by atoms with E-state index < -0.39 is 5.60 Å². The van der Waals surface area contributed by atoms with Crippen molar-refractivity contribution in [2.45, 2.75) is 51.0 Å². The van der Waals surface area contributed by atoms with Crippen molar-refractivity contribution < 1.29 is 14.3 Å². The molecular weight excluding hydrogens is 330 g/mol. The summed E-state index contributed by atoms with van der Waals surface area (Å²) >= 11 is 0. The Morgan fingerprint density at radius 3 is 2.77 bits per heavy atom. The highest BCUT2D eigenvalue weighted by molar-refractivity contribution is 5.88. The summed E-state index contributed by atoms with van der Waals surface area (Å²) in [5, 5.41) is 0. The topological polar surface area (TPSA) is 62.7 Å². The monoisotopic (exact) mass is 357 g/mol. The second-order valence-corrected chi connectivity index (χ2v) is 7.83. The molecular formula is C20H27N3O3. The molecule has 1 aliphatic carbocycles. The van der Waals surface area contributed by atoms with Crippen molar-refractivity contribution >= 4 is 17.6 Å². The van der Waals surface area contributed by atoms with Gasteiger partial charge in [-0.2, -0.15) is 0 Å². The third-order valence-electron chi connectivity index (χ3n) is 6.21. The molecule has 1 aromatic rings. The molecule has 1 aromatic heterocycles. The predicted octanol–water partition coefficient (Wildman–Crippen LogP) is 2.30. The average molecular weight is 357 g/mol. The maximum absolute atomic E-state index is 13.2. The lowest BCUT2D eigenvalue weighted by molar-refractivity contribution is -0.151. The predicted molar refractivity (Wildman–Crippen MR) is 97.8 cm³/mol. The minimum Gasteiger partial charge on any atom is -0.458 e. The molecule has 2 saturated heterocycles. The van der Waals surface area contributed by atoms with E-state index in [0.717, 1.165) is 57.3 Å². The van der Waals surface area contributed by atoms with Crippen molar-refractivity contribution in [1.29, 1.82) is 0 Å². The van der Waals surface area contributed by atoms with Crippen LogP contribution in [0.15, 0.2) is 18.5 Å². The van der Waals surface area contributed by atoms with Gasteiger partial charge in [0.25, 0.3) is 0 Å². The molecule has 6 heteroatoms. The maximum Gasteiger partial charge on any atom is 0.307 e. The van der Waals surface area contributed by atoms with E-state index in [0.29, 0.717) is 6.54 Å². The van der Waals surface area contributed by atoms with Gasteiger partial charge < -0.3 is 14.5 Å². The number of pyridine rings is 1. The van der Waals surface area contributed by atoms with E-state index in [2.05, 4.69) is 16.8 Å². The third kappa shape index (κ3) is 3.06. The number of hydrogen-bond acceptors (Lipinski definition) is 5. The highest BCUT2D eigenvalue weighted by Gasteiger charge is 2.54. The lowest BCUT2D eigenvalue weighted by atomic mass is 9.84. The van der Waals surface area contributed by atoms with Crippen molar-refractivity contribution in [2.75, 3.05) is 31.1 Å². The molecule has 0 unspecified atom stereocenters. The molecule has 3 heterocycles. The number of nitrogens with zero attached hydrogens (tertiary/aromatic N) is 3. The highest BCUT2D eigenvalue weighted by atomic mass is 16.6. The van der Waals surface area contributed by atoms with Gasteiger partial charge in [-0.25, -0.2) is 0 Å². The smallest absolute Gasteiger partial charge is 0.307 e. The van der Waals surface area contributed by atoms with Gasteiger partial charge in [-0.1, -0.05) is 0 Å². The Labute approximate surface area is 154 Å². The molecule has 0 N–H and O–H groups in total. The second kappa shape index (κ2) is 6.89. The molecule has 4 rings (SSSR count). The largest absolute Gasteiger partial charge is 0.458 e. The number of rotatable bonds is 2. The fourth-order valence-electron chi connectivity index (χ4n) is 4.85. The summed E-state index contributed by atoms with van der Waals surface area (Å²) in [4.78, 5) is 33.6. The van der Waals surface area contributed by atoms with Crippen LogP contribution in [0.2, 0.25) is 0 Å². The number of anilines is 1. The Bertz CT molecular complexity index is 699. The number of carbonyl (C=O) groups excluding carboxylic acids is 2. The lowest BCUT2D eigenvalue weighted by Crippen LogP contribution is -2.46. The van der Waals surface area contributed by atoms with Crippen LogP contribution in [0.4, 0.5) is 5.69 Å². The van der Waals surface area contributed by atoms with Crippen LogP contribution in [0.3, 0.4) is 0 Å². The Balaban J connectivity index is 1.46. The first-order valence-corrected chi connectivity index (χ1v) is 9.75. The van der Waals surface area contributed by atoms with E-state index in [1.807, 2.05) is 23.4 Å². The van der Waals surface area contributed by atoms with Crippen LogP contribution in [-0.4, -0.2) is 53.5 Å². The highest BCUT2D eigenvalue weighted by Crippen LogP contribution is 2.46. The van der Waals surface area contributed by atoms with Gasteiger partial charge in [0.2, 0.25) is 5.91 Å². The number of aryl methyl sites for hydroxylation is 1. The molecule has 6 nitrogen and oxygen atoms in total. The summed E-state index contributed by atoms with van der Waals surface area (Å²) in [6.45, 7) is 5.26. The number of aromatic nitrogens is 1. The fourth-order valence-corrected chi connectivity index (χ4v) is 4.85. The molecule has 0 radical (unpaired) electrons. The van der Waals surface area contributed by atoms with Gasteiger partial charge in [0.15, 0.2) is 0 Å². The van der Waals surface area contributed by atoms with Crippen LogP contribution in [0, 0.1) is 12.8 Å². The molecule has 0 bridgehead atoms. The van der Waals surface area contributed by atoms with E-state index in [1.165, 1.54) is 5.69 Å². The maximum atomic E-state index is 13.2. The van der Waals surface area contributed by atoms with Gasteiger partial charge in [0, 0.05) is 44.3 Å². The second-order valence-electron chi connectivity index (χ2n) is 7.83. The van der Waals surface area contributed by atoms with Gasteiger partial charge in [0.05, 0.1) is 12.3 Å². The molecule has 0 aromatic carbocycles. The summed E-state index contributed by atoms with van der Waals surface area (Å²) < 4.78 is 5.67. The van der Waals surface area contributed by atoms with E-state index in [1.54, 1.807) is 0 Å². The van der Waals surface area contributed by atoms with E-state index in [4.69, 9.17) is 4.74 Å². The van der Waals surface area contributed by atoms with Gasteiger partial charge >= 0.3 is 5.97 Å². The van der Waals surface area contributed by atoms with Gasteiger partial charge in [-0.05, 0) is 50.7 Å². The molecule has 140 valence electrons. The molecule has 1 saturated carbocycles. The van der Waals surface area contributed by atoms with Gasteiger partial charge in [0.1, 0.15) is 5.60 Å². The Kier molecular flexibility index (Phi) is 4.59. The Morgan fingerprint density at radius 2 is 2.00 bits per heavy atom. The lowest BCUT2D eigenvalue weighted by Gasteiger charge is -2.32. The quantitative estimate of drug-likeness (QED) is 0.760. The molecule has 3 aliphatic rings. The van der Waals surface area contributed by atoms with Crippen molar-refractivity contribution in [3.63, 3.8) is 0 Å². The van der Waals surface area contributed by atoms with Gasteiger partial charge in [-0.3, -0.25) is 14.6 Å². The standard InChI is InChI=1S/C20H27N3O3/c1-15-14-21-8-5-17(15)22-9-4-10-23(12-11-22)19(25)16-13-18(24)26-20(16)6-2-3-7-20/h5,8,14,16H,2-4,6-7,9-13H2,1H3/t16-/m0/s1. The van der Waals surface area contributed by atoms with Crippen molar-refractivity contribution in [2.24, 2.45) is 5.92 Å². The number of hydrogen-bond donors (Lipinski definition) is 0. The van der Waals surface area contributed by atoms with E-state index >= 15 is 0 Å². The minimum atomic E-state index is -0.512. The van der Waals surface area contributed by atoms with Crippen LogP contribution >= 0.6 is 0 Å². The number of amides is 1. The van der Waals surface area contributed by atoms with E-state index in [9.17, 15) is 9.59 Å². The Morgan fingerprint density at radius 1 is 1.19 bits per heavy atom. The average Bonchev–Trinajstić information content (AvgIpc) is 3.13. The van der Waals surface area contributed by atoms with Crippen LogP contribution in [0.1, 0.15) is 44.1 Å². The fraction of sp³-hybridized carbons (Fsp3) is 0.650. The summed E-state index contributed by atoms with van der Waals surface area (Å²) in [7, 11) is 0. The minimum absolute atomic E-state index is 0.117. The van der Waals surface area contributed by atoms with Crippen molar-refractivity contribution in [1.82, 2.24) is 9.88 Å². The summed E-state index contributed by atoms with van der Waals surface area (Å²) in [6.07, 6.45) is 8.66. The third-order valence-corrected chi connectivity index (χ3v) is 6.21. The SMILES string of the molecule is Cc1cnccc1N1CCCN(C(=O)[C@@H]2CC(=O)OC23CCCC3)CC1. The van der Waals surface area contributed by atoms with Crippen molar-refractivity contribution in [3.8, 4) is 0 Å².